The van der Waals surface area contributed by atoms with Crippen molar-refractivity contribution in [1.82, 2.24) is 0 Å². The highest BCUT2D eigenvalue weighted by atomic mass is 16.7. The summed E-state index contributed by atoms with van der Waals surface area (Å²) in [5.41, 5.74) is 8.98. The smallest absolute Gasteiger partial charge is 0.247 e. The summed E-state index contributed by atoms with van der Waals surface area (Å²) in [4.78, 5) is 14.0. The fourth-order valence-electron chi connectivity index (χ4n) is 3.03. The largest absolute Gasteiger partial charge is 0.454 e. The van der Waals surface area contributed by atoms with E-state index in [1.807, 2.05) is 49.4 Å². The summed E-state index contributed by atoms with van der Waals surface area (Å²) in [6, 6.07) is 12.9. The number of nitrogens with two attached hydrogens (primary N) is 1. The van der Waals surface area contributed by atoms with Gasteiger partial charge in [0, 0.05) is 5.69 Å². The van der Waals surface area contributed by atoms with Gasteiger partial charge in [0.15, 0.2) is 11.5 Å². The number of hydrogen-bond donors (Lipinski definition) is 1. The number of carbonyl (C=O) groups excluding carboxylic acids is 1. The van der Waals surface area contributed by atoms with Crippen molar-refractivity contribution in [3.05, 3.63) is 53.6 Å². The molecule has 2 aromatic rings. The molecule has 2 aliphatic rings. The van der Waals surface area contributed by atoms with E-state index in [2.05, 4.69) is 0 Å². The molecule has 2 aromatic carbocycles. The van der Waals surface area contributed by atoms with Crippen molar-refractivity contribution in [1.29, 1.82) is 0 Å². The van der Waals surface area contributed by atoms with E-state index in [9.17, 15) is 4.79 Å². The molecule has 4 rings (SSSR count). The molecular formula is C17H16N2O3. The van der Waals surface area contributed by atoms with Gasteiger partial charge in [0.1, 0.15) is 6.04 Å². The van der Waals surface area contributed by atoms with Crippen LogP contribution >= 0.6 is 0 Å². The molecule has 1 amide bonds. The zero-order valence-electron chi connectivity index (χ0n) is 12.2. The highest BCUT2D eigenvalue weighted by molar-refractivity contribution is 6.05. The molecule has 1 fully saturated rings. The van der Waals surface area contributed by atoms with Crippen molar-refractivity contribution in [2.24, 2.45) is 5.73 Å². The molecule has 22 heavy (non-hydrogen) atoms. The number of rotatable bonds is 2. The molecule has 1 saturated heterocycles. The number of β-lactam (4-membered cyclic amide) rings is 1. The van der Waals surface area contributed by atoms with Crippen LogP contribution in [0.3, 0.4) is 0 Å². The quantitative estimate of drug-likeness (QED) is 0.862. The zero-order valence-corrected chi connectivity index (χ0v) is 12.2. The van der Waals surface area contributed by atoms with Gasteiger partial charge in [0.05, 0.1) is 6.04 Å². The van der Waals surface area contributed by atoms with Gasteiger partial charge in [-0.25, -0.2) is 0 Å². The molecule has 0 spiro atoms. The van der Waals surface area contributed by atoms with Gasteiger partial charge in [-0.1, -0.05) is 18.2 Å². The third-order valence-electron chi connectivity index (χ3n) is 4.16. The Labute approximate surface area is 128 Å². The molecule has 0 aromatic heterocycles. The minimum atomic E-state index is -0.527. The number of amides is 1. The number of fused-ring (bicyclic) bond motifs is 1. The van der Waals surface area contributed by atoms with E-state index in [0.29, 0.717) is 5.75 Å². The number of hydrogen-bond acceptors (Lipinski definition) is 4. The number of nitrogens with zero attached hydrogens (tertiary/aromatic N) is 1. The minimum Gasteiger partial charge on any atom is -0.454 e. The number of ether oxygens (including phenoxy) is 2. The molecule has 112 valence electrons. The molecule has 5 nitrogen and oxygen atoms in total. The summed E-state index contributed by atoms with van der Waals surface area (Å²) >= 11 is 0. The third-order valence-corrected chi connectivity index (χ3v) is 4.16. The first-order chi connectivity index (χ1) is 10.6. The normalized spacial score (nSPS) is 22.6. The zero-order chi connectivity index (χ0) is 15.3. The Balaban J connectivity index is 1.72. The van der Waals surface area contributed by atoms with E-state index in [-0.39, 0.29) is 18.7 Å². The molecule has 2 atom stereocenters. The van der Waals surface area contributed by atoms with E-state index >= 15 is 0 Å². The average Bonchev–Trinajstić information content (AvgIpc) is 2.98. The predicted molar refractivity (Wildman–Crippen MR) is 81.9 cm³/mol. The van der Waals surface area contributed by atoms with Gasteiger partial charge >= 0.3 is 0 Å². The number of carbonyl (C=O) groups is 1. The van der Waals surface area contributed by atoms with Crippen LogP contribution in [0.25, 0.3) is 0 Å². The molecule has 0 bridgehead atoms. The number of aryl methyl sites for hydroxylation is 1. The first-order valence-electron chi connectivity index (χ1n) is 7.20. The van der Waals surface area contributed by atoms with Crippen LogP contribution in [0.4, 0.5) is 5.69 Å². The molecule has 0 saturated carbocycles. The maximum absolute atomic E-state index is 12.2. The first kappa shape index (κ1) is 13.2. The molecule has 2 heterocycles. The van der Waals surface area contributed by atoms with Crippen LogP contribution in [0.15, 0.2) is 42.5 Å². The molecule has 2 aliphatic heterocycles. The summed E-state index contributed by atoms with van der Waals surface area (Å²) in [5.74, 6) is 1.37. The van der Waals surface area contributed by atoms with Crippen LogP contribution in [0.1, 0.15) is 17.2 Å². The standard InChI is InChI=1S/C17H16N2O3/c1-10-3-2-4-12(7-10)19-16(15(18)17(19)20)11-5-6-13-14(8-11)22-9-21-13/h2-8,15-16H,9,18H2,1H3/t15-,16-/m0/s1. The van der Waals surface area contributed by atoms with Gasteiger partial charge in [-0.15, -0.1) is 0 Å². The minimum absolute atomic E-state index is 0.0618. The van der Waals surface area contributed by atoms with Crippen LogP contribution < -0.4 is 20.1 Å². The molecule has 0 unspecified atom stereocenters. The summed E-state index contributed by atoms with van der Waals surface area (Å²) in [6.07, 6.45) is 0. The van der Waals surface area contributed by atoms with Gasteiger partial charge in [-0.2, -0.15) is 0 Å². The van der Waals surface area contributed by atoms with E-state index in [1.54, 1.807) is 4.90 Å². The van der Waals surface area contributed by atoms with E-state index in [0.717, 1.165) is 22.6 Å². The predicted octanol–water partition coefficient (Wildman–Crippen LogP) is 2.14. The summed E-state index contributed by atoms with van der Waals surface area (Å²) in [7, 11) is 0. The van der Waals surface area contributed by atoms with Gasteiger partial charge < -0.3 is 20.1 Å². The van der Waals surface area contributed by atoms with Crippen molar-refractivity contribution in [2.75, 3.05) is 11.7 Å². The molecule has 0 aliphatic carbocycles. The van der Waals surface area contributed by atoms with Crippen LogP contribution in [-0.4, -0.2) is 18.7 Å². The van der Waals surface area contributed by atoms with Crippen molar-refractivity contribution >= 4 is 11.6 Å². The topological polar surface area (TPSA) is 64.8 Å². The number of benzene rings is 2. The Morgan fingerprint density at radius 2 is 1.95 bits per heavy atom. The van der Waals surface area contributed by atoms with E-state index < -0.39 is 6.04 Å². The van der Waals surface area contributed by atoms with Crippen molar-refractivity contribution < 1.29 is 14.3 Å². The molecule has 5 heteroatoms. The van der Waals surface area contributed by atoms with Crippen LogP contribution in [0.2, 0.25) is 0 Å². The Morgan fingerprint density at radius 1 is 1.14 bits per heavy atom. The highest BCUT2D eigenvalue weighted by Crippen LogP contribution is 2.42. The van der Waals surface area contributed by atoms with Crippen molar-refractivity contribution in [2.45, 2.75) is 19.0 Å². The fourth-order valence-corrected chi connectivity index (χ4v) is 3.03. The first-order valence-corrected chi connectivity index (χ1v) is 7.20. The maximum Gasteiger partial charge on any atom is 0.247 e. The monoisotopic (exact) mass is 296 g/mol. The second-order valence-electron chi connectivity index (χ2n) is 5.63. The SMILES string of the molecule is Cc1cccc(N2C(=O)[C@@H](N)[C@@H]2c2ccc3c(c2)OCO3)c1. The molecule has 0 radical (unpaired) electrons. The van der Waals surface area contributed by atoms with Crippen molar-refractivity contribution in [3.8, 4) is 11.5 Å². The highest BCUT2D eigenvalue weighted by Gasteiger charge is 2.47. The average molecular weight is 296 g/mol. The van der Waals surface area contributed by atoms with Crippen LogP contribution in [0.5, 0.6) is 11.5 Å². The second-order valence-corrected chi connectivity index (χ2v) is 5.63. The Morgan fingerprint density at radius 3 is 2.77 bits per heavy atom. The van der Waals surface area contributed by atoms with Gasteiger partial charge in [0.25, 0.3) is 0 Å². The van der Waals surface area contributed by atoms with Gasteiger partial charge in [-0.3, -0.25) is 4.79 Å². The van der Waals surface area contributed by atoms with Crippen molar-refractivity contribution in [3.63, 3.8) is 0 Å². The fraction of sp³-hybridized carbons (Fsp3) is 0.235. The Kier molecular flexibility index (Phi) is 2.84. The summed E-state index contributed by atoms with van der Waals surface area (Å²) in [5, 5.41) is 0. The van der Waals surface area contributed by atoms with Gasteiger partial charge in [-0.05, 0) is 42.3 Å². The summed E-state index contributed by atoms with van der Waals surface area (Å²) < 4.78 is 10.7. The van der Waals surface area contributed by atoms with Gasteiger partial charge in [0.2, 0.25) is 12.7 Å². The summed E-state index contributed by atoms with van der Waals surface area (Å²) in [6.45, 7) is 2.24. The lowest BCUT2D eigenvalue weighted by molar-refractivity contribution is -0.126. The number of anilines is 1. The second kappa shape index (κ2) is 4.74. The Bertz CT molecular complexity index is 759. The van der Waals surface area contributed by atoms with Crippen LogP contribution in [0, 0.1) is 6.92 Å². The lowest BCUT2D eigenvalue weighted by atomic mass is 9.88. The Hall–Kier alpha value is -2.53. The molecular weight excluding hydrogens is 280 g/mol. The molecule has 2 N–H and O–H groups in total. The lowest BCUT2D eigenvalue weighted by Crippen LogP contribution is -2.63. The maximum atomic E-state index is 12.2. The van der Waals surface area contributed by atoms with E-state index in [4.69, 9.17) is 15.2 Å². The third kappa shape index (κ3) is 1.86. The van der Waals surface area contributed by atoms with E-state index in [1.165, 1.54) is 0 Å². The van der Waals surface area contributed by atoms with Crippen LogP contribution in [-0.2, 0) is 4.79 Å². The lowest BCUT2D eigenvalue weighted by Gasteiger charge is -2.45.